The van der Waals surface area contributed by atoms with Crippen molar-refractivity contribution in [3.63, 3.8) is 0 Å². The Morgan fingerprint density at radius 2 is 1.81 bits per heavy atom. The molecule has 0 aromatic heterocycles. The largest absolute Gasteiger partial charge is 0.376 e. The summed E-state index contributed by atoms with van der Waals surface area (Å²) in [6.07, 6.45) is 1.66. The molecule has 5 nitrogen and oxygen atoms in total. The van der Waals surface area contributed by atoms with Gasteiger partial charge in [-0.2, -0.15) is 0 Å². The first-order valence-corrected chi connectivity index (χ1v) is 6.99. The molecule has 0 bridgehead atoms. The molecule has 1 heterocycles. The van der Waals surface area contributed by atoms with Gasteiger partial charge in [0.05, 0.1) is 6.54 Å². The Morgan fingerprint density at radius 1 is 1.19 bits per heavy atom. The Bertz CT molecular complexity index is 459. The van der Waals surface area contributed by atoms with Crippen LogP contribution in [0.3, 0.4) is 0 Å². The summed E-state index contributed by atoms with van der Waals surface area (Å²) < 4.78 is 0. The van der Waals surface area contributed by atoms with E-state index in [1.165, 1.54) is 0 Å². The van der Waals surface area contributed by atoms with Gasteiger partial charge in [0.25, 0.3) is 0 Å². The molecule has 0 unspecified atom stereocenters. The average Bonchev–Trinajstić information content (AvgIpc) is 2.47. The minimum absolute atomic E-state index is 0. The minimum Gasteiger partial charge on any atom is -0.376 e. The third kappa shape index (κ3) is 5.63. The number of anilines is 1. The van der Waals surface area contributed by atoms with Crippen LogP contribution >= 0.6 is 12.4 Å². The van der Waals surface area contributed by atoms with Crippen LogP contribution in [0, 0.1) is 0 Å². The quantitative estimate of drug-likeness (QED) is 0.889. The zero-order valence-electron chi connectivity index (χ0n) is 12.2. The molecule has 6 heteroatoms. The fourth-order valence-electron chi connectivity index (χ4n) is 2.36. The van der Waals surface area contributed by atoms with Crippen molar-refractivity contribution in [2.45, 2.75) is 25.8 Å². The van der Waals surface area contributed by atoms with Crippen molar-refractivity contribution in [1.82, 2.24) is 10.2 Å². The molecule has 0 spiro atoms. The summed E-state index contributed by atoms with van der Waals surface area (Å²) in [4.78, 5) is 24.9. The Balaban J connectivity index is 0.00000220. The second kappa shape index (κ2) is 8.52. The second-order valence-corrected chi connectivity index (χ2v) is 5.07. The lowest BCUT2D eigenvalue weighted by Gasteiger charge is -2.31. The number of para-hydroxylation sites is 1. The number of nitrogens with one attached hydrogen (secondary N) is 2. The standard InChI is InChI=1S/C15H21N3O2.ClH/c1-12(19)18-9-7-14(8-10-18)17-15(20)11-16-13-5-3-2-4-6-13;/h2-6,14,16H,7-11H2,1H3,(H,17,20);1H. The average molecular weight is 312 g/mol. The summed E-state index contributed by atoms with van der Waals surface area (Å²) in [5, 5.41) is 6.09. The van der Waals surface area contributed by atoms with Crippen LogP contribution in [-0.2, 0) is 9.59 Å². The number of benzene rings is 1. The van der Waals surface area contributed by atoms with E-state index in [9.17, 15) is 9.59 Å². The molecular formula is C15H22ClN3O2. The van der Waals surface area contributed by atoms with Crippen LogP contribution in [0.2, 0.25) is 0 Å². The van der Waals surface area contributed by atoms with Gasteiger partial charge in [0, 0.05) is 31.7 Å². The molecule has 1 aliphatic rings. The lowest BCUT2D eigenvalue weighted by Crippen LogP contribution is -2.47. The highest BCUT2D eigenvalue weighted by Gasteiger charge is 2.21. The van der Waals surface area contributed by atoms with E-state index >= 15 is 0 Å². The van der Waals surface area contributed by atoms with Crippen molar-refractivity contribution in [2.75, 3.05) is 25.0 Å². The van der Waals surface area contributed by atoms with Gasteiger partial charge in [-0.15, -0.1) is 12.4 Å². The van der Waals surface area contributed by atoms with Gasteiger partial charge in [-0.3, -0.25) is 9.59 Å². The van der Waals surface area contributed by atoms with Crippen molar-refractivity contribution < 1.29 is 9.59 Å². The highest BCUT2D eigenvalue weighted by Crippen LogP contribution is 2.10. The fraction of sp³-hybridized carbons (Fsp3) is 0.467. The first kappa shape index (κ1) is 17.3. The van der Waals surface area contributed by atoms with Crippen LogP contribution in [0.25, 0.3) is 0 Å². The summed E-state index contributed by atoms with van der Waals surface area (Å²) in [6.45, 7) is 3.32. The molecule has 0 aliphatic carbocycles. The van der Waals surface area contributed by atoms with Gasteiger partial charge < -0.3 is 15.5 Å². The molecule has 2 rings (SSSR count). The van der Waals surface area contributed by atoms with Gasteiger partial charge in [0.1, 0.15) is 0 Å². The highest BCUT2D eigenvalue weighted by atomic mass is 35.5. The predicted molar refractivity (Wildman–Crippen MR) is 85.6 cm³/mol. The Morgan fingerprint density at radius 3 is 2.38 bits per heavy atom. The van der Waals surface area contributed by atoms with Gasteiger partial charge >= 0.3 is 0 Å². The Labute approximate surface area is 131 Å². The minimum atomic E-state index is -0.00451. The number of hydrogen-bond donors (Lipinski definition) is 2. The first-order valence-electron chi connectivity index (χ1n) is 6.99. The lowest BCUT2D eigenvalue weighted by molar-refractivity contribution is -0.130. The number of amides is 2. The molecule has 0 atom stereocenters. The van der Waals surface area contributed by atoms with Gasteiger partial charge in [-0.25, -0.2) is 0 Å². The van der Waals surface area contributed by atoms with Gasteiger partial charge in [0.15, 0.2) is 0 Å². The van der Waals surface area contributed by atoms with Crippen LogP contribution in [0.15, 0.2) is 30.3 Å². The van der Waals surface area contributed by atoms with E-state index in [-0.39, 0.29) is 36.8 Å². The Hall–Kier alpha value is -1.75. The van der Waals surface area contributed by atoms with Crippen LogP contribution in [0.4, 0.5) is 5.69 Å². The maximum absolute atomic E-state index is 11.8. The number of carbonyl (C=O) groups is 2. The third-order valence-corrected chi connectivity index (χ3v) is 3.53. The van der Waals surface area contributed by atoms with E-state index in [1.807, 2.05) is 35.2 Å². The molecule has 1 fully saturated rings. The molecule has 2 N–H and O–H groups in total. The van der Waals surface area contributed by atoms with E-state index in [0.29, 0.717) is 0 Å². The summed E-state index contributed by atoms with van der Waals surface area (Å²) in [5.74, 6) is 0.107. The van der Waals surface area contributed by atoms with Crippen LogP contribution in [-0.4, -0.2) is 42.4 Å². The van der Waals surface area contributed by atoms with Gasteiger partial charge in [0.2, 0.25) is 11.8 Å². The molecular weight excluding hydrogens is 290 g/mol. The van der Waals surface area contributed by atoms with E-state index < -0.39 is 0 Å². The monoisotopic (exact) mass is 311 g/mol. The van der Waals surface area contributed by atoms with E-state index in [1.54, 1.807) is 6.92 Å². The highest BCUT2D eigenvalue weighted by molar-refractivity contribution is 5.85. The number of halogens is 1. The van der Waals surface area contributed by atoms with Gasteiger partial charge in [-0.1, -0.05) is 18.2 Å². The van der Waals surface area contributed by atoms with Crippen molar-refractivity contribution >= 4 is 29.9 Å². The molecule has 0 radical (unpaired) electrons. The predicted octanol–water partition coefficient (Wildman–Crippen LogP) is 1.65. The molecule has 116 valence electrons. The molecule has 2 amide bonds. The zero-order chi connectivity index (χ0) is 14.4. The summed E-state index contributed by atoms with van der Waals surface area (Å²) >= 11 is 0. The normalized spacial score (nSPS) is 15.0. The first-order chi connectivity index (χ1) is 9.65. The number of hydrogen-bond acceptors (Lipinski definition) is 3. The van der Waals surface area contributed by atoms with Crippen molar-refractivity contribution in [2.24, 2.45) is 0 Å². The maximum atomic E-state index is 11.8. The molecule has 0 saturated carbocycles. The van der Waals surface area contributed by atoms with Crippen LogP contribution < -0.4 is 10.6 Å². The summed E-state index contributed by atoms with van der Waals surface area (Å²) in [6, 6.07) is 9.83. The zero-order valence-corrected chi connectivity index (χ0v) is 13.0. The molecule has 1 aromatic carbocycles. The molecule has 1 aliphatic heterocycles. The summed E-state index contributed by atoms with van der Waals surface area (Å²) in [5.41, 5.74) is 0.939. The van der Waals surface area contributed by atoms with Crippen molar-refractivity contribution in [3.8, 4) is 0 Å². The number of rotatable bonds is 4. The maximum Gasteiger partial charge on any atom is 0.239 e. The third-order valence-electron chi connectivity index (χ3n) is 3.53. The van der Waals surface area contributed by atoms with E-state index in [0.717, 1.165) is 31.6 Å². The molecule has 1 aromatic rings. The SMILES string of the molecule is CC(=O)N1CCC(NC(=O)CNc2ccccc2)CC1.Cl. The number of nitrogens with zero attached hydrogens (tertiary/aromatic N) is 1. The smallest absolute Gasteiger partial charge is 0.239 e. The van der Waals surface area contributed by atoms with Crippen LogP contribution in [0.5, 0.6) is 0 Å². The second-order valence-electron chi connectivity index (χ2n) is 5.07. The summed E-state index contributed by atoms with van der Waals surface area (Å²) in [7, 11) is 0. The van der Waals surface area contributed by atoms with E-state index in [4.69, 9.17) is 0 Å². The van der Waals surface area contributed by atoms with Gasteiger partial charge in [-0.05, 0) is 25.0 Å². The van der Waals surface area contributed by atoms with Crippen molar-refractivity contribution in [1.29, 1.82) is 0 Å². The number of piperidine rings is 1. The Kier molecular flexibility index (Phi) is 7.02. The fourth-order valence-corrected chi connectivity index (χ4v) is 2.36. The van der Waals surface area contributed by atoms with E-state index in [2.05, 4.69) is 10.6 Å². The molecule has 1 saturated heterocycles. The number of carbonyl (C=O) groups excluding carboxylic acids is 2. The lowest BCUT2D eigenvalue weighted by atomic mass is 10.1. The molecule has 21 heavy (non-hydrogen) atoms. The number of likely N-dealkylation sites (tertiary alicyclic amines) is 1. The topological polar surface area (TPSA) is 61.4 Å². The van der Waals surface area contributed by atoms with Crippen molar-refractivity contribution in [3.05, 3.63) is 30.3 Å². The van der Waals surface area contributed by atoms with Crippen LogP contribution in [0.1, 0.15) is 19.8 Å².